The summed E-state index contributed by atoms with van der Waals surface area (Å²) in [5, 5.41) is 2.99. The summed E-state index contributed by atoms with van der Waals surface area (Å²) in [6, 6.07) is 13.3. The van der Waals surface area contributed by atoms with E-state index in [4.69, 9.17) is 10.5 Å². The fourth-order valence-electron chi connectivity index (χ4n) is 5.12. The molecule has 4 heterocycles. The number of carbonyl (C=O) groups excluding carboxylic acids is 1. The van der Waals surface area contributed by atoms with Gasteiger partial charge in [0.05, 0.1) is 5.56 Å². The van der Waals surface area contributed by atoms with Gasteiger partial charge in [-0.3, -0.25) is 4.79 Å². The molecule has 6 nitrogen and oxygen atoms in total. The molecule has 35 heavy (non-hydrogen) atoms. The largest absolute Gasteiger partial charge is 0.384 e. The molecule has 0 aliphatic carbocycles. The Hall–Kier alpha value is -4.19. The smallest absolute Gasteiger partial charge is 0.353 e. The number of aryl methyl sites for hydroxylation is 2. The lowest BCUT2D eigenvalue weighted by atomic mass is 9.83. The van der Waals surface area contributed by atoms with E-state index < -0.39 is 5.83 Å². The molecule has 0 fully saturated rings. The van der Waals surface area contributed by atoms with Crippen LogP contribution in [0.3, 0.4) is 0 Å². The molecular weight excluding hydrogens is 443 g/mol. The van der Waals surface area contributed by atoms with E-state index in [9.17, 15) is 9.18 Å². The van der Waals surface area contributed by atoms with Gasteiger partial charge in [-0.15, -0.1) is 4.39 Å². The minimum absolute atomic E-state index is 0.173. The third kappa shape index (κ3) is 3.44. The van der Waals surface area contributed by atoms with Gasteiger partial charge < -0.3 is 15.8 Å². The second kappa shape index (κ2) is 7.94. The zero-order chi connectivity index (χ0) is 24.3. The van der Waals surface area contributed by atoms with Crippen LogP contribution in [-0.2, 0) is 11.3 Å². The summed E-state index contributed by atoms with van der Waals surface area (Å²) in [4.78, 5) is 21.3. The predicted molar refractivity (Wildman–Crippen MR) is 131 cm³/mol. The summed E-state index contributed by atoms with van der Waals surface area (Å²) in [5.41, 5.74) is 14.3. The van der Waals surface area contributed by atoms with E-state index in [0.717, 1.165) is 44.6 Å². The van der Waals surface area contributed by atoms with E-state index >= 15 is 0 Å². The molecule has 2 atom stereocenters. The molecule has 7 heteroatoms. The maximum Gasteiger partial charge on any atom is 0.353 e. The summed E-state index contributed by atoms with van der Waals surface area (Å²) >= 11 is 0. The lowest BCUT2D eigenvalue weighted by molar-refractivity contribution is 0.0857. The van der Waals surface area contributed by atoms with E-state index in [0.29, 0.717) is 23.5 Å². The molecule has 6 rings (SSSR count). The zero-order valence-corrected chi connectivity index (χ0v) is 19.2. The van der Waals surface area contributed by atoms with Crippen molar-refractivity contribution in [3.8, 4) is 0 Å². The molecule has 1 amide bonds. The third-order valence-corrected chi connectivity index (χ3v) is 6.85. The topological polar surface area (TPSA) is 89.6 Å². The fourth-order valence-corrected chi connectivity index (χ4v) is 5.12. The number of hydrogen-bond acceptors (Lipinski definition) is 5. The summed E-state index contributed by atoms with van der Waals surface area (Å²) in [5.74, 6) is -0.144. The van der Waals surface area contributed by atoms with Crippen molar-refractivity contribution >= 4 is 23.5 Å². The van der Waals surface area contributed by atoms with Gasteiger partial charge in [0.2, 0.25) is 0 Å². The standard InChI is InChI=1S/C28H21FN4O2/c1-14-9-25(30)33-15(2)22(14)13-32-28(34)17-4-6-19-21(11-17)27-20-10-16(3-5-18(20)26(19)35-27)23-12-31-8-7-24(23)29/h3-6,8-12,26-27H,13H2,1-2H3,(H2-,30,32,33,34)/p+1. The molecule has 3 aliphatic heterocycles. The molecule has 3 aromatic rings. The van der Waals surface area contributed by atoms with E-state index in [1.54, 1.807) is 6.07 Å². The number of allylic oxidation sites excluding steroid dienone is 3. The second-order valence-electron chi connectivity index (χ2n) is 8.97. The number of nitrogens with two attached hydrogens (primary N) is 1. The summed E-state index contributed by atoms with van der Waals surface area (Å²) < 4.78 is 20.6. The number of nitrogens with zero attached hydrogens (tertiary/aromatic N) is 2. The number of nitrogens with one attached hydrogen (secondary N) is 1. The first kappa shape index (κ1) is 21.4. The Labute approximate surface area is 202 Å². The summed E-state index contributed by atoms with van der Waals surface area (Å²) in [6.45, 7) is 4.20. The van der Waals surface area contributed by atoms with E-state index in [1.807, 2.05) is 50.2 Å². The third-order valence-electron chi connectivity index (χ3n) is 6.85. The maximum absolute atomic E-state index is 14.3. The lowest BCUT2D eigenvalue weighted by Crippen LogP contribution is -2.24. The number of aliphatic imine (C=N–C) groups is 1. The van der Waals surface area contributed by atoms with Gasteiger partial charge in [0, 0.05) is 17.8 Å². The molecule has 0 saturated heterocycles. The number of carbonyl (C=O) groups is 1. The van der Waals surface area contributed by atoms with Crippen molar-refractivity contribution in [3.05, 3.63) is 111 Å². The van der Waals surface area contributed by atoms with E-state index in [1.165, 1.54) is 12.4 Å². The molecule has 0 radical (unpaired) electrons. The van der Waals surface area contributed by atoms with Crippen molar-refractivity contribution < 1.29 is 13.9 Å². The number of nitrogen functional groups attached to an aromatic ring is 1. The minimum atomic E-state index is -0.440. The normalized spacial score (nSPS) is 18.9. The summed E-state index contributed by atoms with van der Waals surface area (Å²) in [6.07, 6.45) is 4.83. The second-order valence-corrected chi connectivity index (χ2v) is 8.97. The van der Waals surface area contributed by atoms with Gasteiger partial charge in [-0.1, -0.05) is 12.1 Å². The van der Waals surface area contributed by atoms with Crippen molar-refractivity contribution in [2.45, 2.75) is 32.6 Å². The first-order valence-corrected chi connectivity index (χ1v) is 11.4. The quantitative estimate of drug-likeness (QED) is 0.541. The molecule has 2 aromatic carbocycles. The zero-order valence-electron chi connectivity index (χ0n) is 19.2. The van der Waals surface area contributed by atoms with Gasteiger partial charge in [0.1, 0.15) is 24.2 Å². The first-order chi connectivity index (χ1) is 16.9. The molecule has 0 saturated carbocycles. The molecule has 2 bridgehead atoms. The Balaban J connectivity index is 1.27. The van der Waals surface area contributed by atoms with Gasteiger partial charge in [-0.05, 0) is 77.6 Å². The van der Waals surface area contributed by atoms with Crippen LogP contribution < -0.4 is 11.1 Å². The predicted octanol–water partition coefficient (Wildman–Crippen LogP) is 4.81. The number of ether oxygens (including phenoxy) is 1. The van der Waals surface area contributed by atoms with Crippen molar-refractivity contribution in [2.24, 2.45) is 4.99 Å². The van der Waals surface area contributed by atoms with Gasteiger partial charge in [0.15, 0.2) is 17.8 Å². The lowest BCUT2D eigenvalue weighted by Gasteiger charge is -2.17. The van der Waals surface area contributed by atoms with Gasteiger partial charge in [-0.2, -0.15) is 0 Å². The average Bonchev–Trinajstić information content (AvgIpc) is 3.40. The number of aromatic nitrogens is 1. The molecule has 0 spiro atoms. The van der Waals surface area contributed by atoms with Crippen LogP contribution in [0.2, 0.25) is 0 Å². The van der Waals surface area contributed by atoms with Crippen molar-refractivity contribution in [1.82, 2.24) is 10.3 Å². The number of anilines is 1. The van der Waals surface area contributed by atoms with Crippen LogP contribution in [0, 0.1) is 19.9 Å². The first-order valence-electron chi connectivity index (χ1n) is 11.4. The average molecular weight is 466 g/mol. The summed E-state index contributed by atoms with van der Waals surface area (Å²) in [7, 11) is 0. The van der Waals surface area contributed by atoms with E-state index in [2.05, 4.69) is 21.4 Å². The molecule has 172 valence electrons. The van der Waals surface area contributed by atoms with Gasteiger partial charge >= 0.3 is 5.83 Å². The fraction of sp³-hybridized carbons (Fsp3) is 0.179. The van der Waals surface area contributed by atoms with Gasteiger partial charge in [-0.25, -0.2) is 9.98 Å². The Morgan fingerprint density at radius 1 is 1.09 bits per heavy atom. The van der Waals surface area contributed by atoms with Crippen LogP contribution >= 0.6 is 0 Å². The number of halogens is 1. The highest BCUT2D eigenvalue weighted by Crippen LogP contribution is 2.54. The number of pyridine rings is 1. The van der Waals surface area contributed by atoms with Crippen LogP contribution in [0.4, 0.5) is 10.2 Å². The minimum Gasteiger partial charge on any atom is -0.384 e. The van der Waals surface area contributed by atoms with Crippen LogP contribution in [0.1, 0.15) is 67.2 Å². The number of rotatable bonds is 4. The Morgan fingerprint density at radius 2 is 1.83 bits per heavy atom. The Kier molecular flexibility index (Phi) is 4.85. The number of amides is 1. The van der Waals surface area contributed by atoms with Crippen LogP contribution in [0.25, 0.3) is 5.57 Å². The van der Waals surface area contributed by atoms with Crippen molar-refractivity contribution in [1.29, 1.82) is 0 Å². The number of hydrogen-bond donors (Lipinski definition) is 2. The highest BCUT2D eigenvalue weighted by molar-refractivity contribution is 6.11. The molecule has 1 aromatic heterocycles. The monoisotopic (exact) mass is 465 g/mol. The maximum atomic E-state index is 14.3. The Morgan fingerprint density at radius 3 is 2.60 bits per heavy atom. The highest BCUT2D eigenvalue weighted by atomic mass is 19.1. The molecular formula is C28H22FN4O2+. The van der Waals surface area contributed by atoms with Crippen molar-refractivity contribution in [2.75, 3.05) is 5.73 Å². The molecule has 3 N–H and O–H groups in total. The van der Waals surface area contributed by atoms with Crippen LogP contribution in [0.5, 0.6) is 0 Å². The number of fused-ring (bicyclic) bond motifs is 8. The van der Waals surface area contributed by atoms with Crippen LogP contribution in [0.15, 0.2) is 59.5 Å². The molecule has 2 unspecified atom stereocenters. The highest BCUT2D eigenvalue weighted by Gasteiger charge is 2.43. The Bertz CT molecular complexity index is 1480. The van der Waals surface area contributed by atoms with Crippen LogP contribution in [-0.4, -0.2) is 17.1 Å². The SMILES string of the molecule is Cc1cc(N)nc(C)c1CNC(=O)c1ccc2c(c1)C1OC2c2ccc(C3=C(F)[C+]=CN=C3)cc21. The van der Waals surface area contributed by atoms with Crippen molar-refractivity contribution in [3.63, 3.8) is 0 Å². The number of benzene rings is 2. The van der Waals surface area contributed by atoms with Gasteiger partial charge in [0.25, 0.3) is 5.91 Å². The molecule has 3 aliphatic rings. The van der Waals surface area contributed by atoms with E-state index in [-0.39, 0.29) is 18.1 Å².